The second kappa shape index (κ2) is 4.21. The molecule has 0 spiro atoms. The van der Waals surface area contributed by atoms with Gasteiger partial charge < -0.3 is 14.6 Å². The van der Waals surface area contributed by atoms with Crippen LogP contribution in [0, 0.1) is 11.3 Å². The zero-order valence-corrected chi connectivity index (χ0v) is 11.6. The van der Waals surface area contributed by atoms with Crippen molar-refractivity contribution in [3.63, 3.8) is 0 Å². The van der Waals surface area contributed by atoms with Crippen molar-refractivity contribution in [2.75, 3.05) is 7.11 Å². The summed E-state index contributed by atoms with van der Waals surface area (Å²) in [7, 11) is 1.60. The number of carbonyl (C=O) groups is 1. The molecule has 5 heteroatoms. The van der Waals surface area contributed by atoms with Crippen molar-refractivity contribution in [2.24, 2.45) is 0 Å². The molecule has 0 radical (unpaired) electrons. The van der Waals surface area contributed by atoms with E-state index in [2.05, 4.69) is 0 Å². The number of carboxylic acids is 1. The Labute approximate surface area is 121 Å². The average Bonchev–Trinajstić information content (AvgIpc) is 3.14. The Balaban J connectivity index is 2.08. The van der Waals surface area contributed by atoms with Gasteiger partial charge in [0.25, 0.3) is 5.60 Å². The molecule has 3 rings (SSSR count). The summed E-state index contributed by atoms with van der Waals surface area (Å²) in [6, 6.07) is 12.9. The Hall–Kier alpha value is -2.58. The van der Waals surface area contributed by atoms with Gasteiger partial charge in [-0.3, -0.25) is 0 Å². The Kier molecular flexibility index (Phi) is 2.68. The van der Waals surface area contributed by atoms with E-state index in [9.17, 15) is 9.90 Å². The van der Waals surface area contributed by atoms with Gasteiger partial charge in [-0.15, -0.1) is 0 Å². The number of nitrogens with zero attached hydrogens (tertiary/aromatic N) is 1. The summed E-state index contributed by atoms with van der Waals surface area (Å²) in [5.74, 6) is -0.511. The Bertz CT molecular complexity index is 794. The first-order valence-corrected chi connectivity index (χ1v) is 6.40. The summed E-state index contributed by atoms with van der Waals surface area (Å²) in [6.07, 6.45) is 0. The summed E-state index contributed by atoms with van der Waals surface area (Å²) in [5.41, 5.74) is -2.25. The number of aliphatic carboxylic acids is 1. The second-order valence-corrected chi connectivity index (χ2v) is 5.16. The first-order chi connectivity index (χ1) is 9.96. The standard InChI is InChI=1S/C16H13NO4/c1-15(16(9-17,21-15)14(18)19)12-5-3-11-8-13(20-2)6-4-10(11)7-12/h3-8H,1-2H3,(H,18,19). The fourth-order valence-corrected chi connectivity index (χ4v) is 2.62. The molecule has 1 aliphatic heterocycles. The van der Waals surface area contributed by atoms with Gasteiger partial charge in [0.15, 0.2) is 0 Å². The van der Waals surface area contributed by atoms with Crippen LogP contribution in [-0.2, 0) is 15.1 Å². The van der Waals surface area contributed by atoms with Crippen LogP contribution in [0.3, 0.4) is 0 Å². The lowest BCUT2D eigenvalue weighted by molar-refractivity contribution is -0.141. The molecule has 0 saturated carbocycles. The minimum absolute atomic E-state index is 0.670. The molecule has 0 amide bonds. The predicted molar refractivity (Wildman–Crippen MR) is 74.9 cm³/mol. The fourth-order valence-electron chi connectivity index (χ4n) is 2.62. The predicted octanol–water partition coefficient (Wildman–Crippen LogP) is 2.44. The lowest BCUT2D eigenvalue weighted by atomic mass is 9.87. The lowest BCUT2D eigenvalue weighted by Gasteiger charge is -2.10. The maximum absolute atomic E-state index is 11.3. The minimum Gasteiger partial charge on any atom is -0.497 e. The van der Waals surface area contributed by atoms with E-state index in [0.717, 1.165) is 16.5 Å². The van der Waals surface area contributed by atoms with E-state index in [1.807, 2.05) is 30.3 Å². The molecule has 106 valence electrons. The van der Waals surface area contributed by atoms with E-state index < -0.39 is 17.2 Å². The highest BCUT2D eigenvalue weighted by atomic mass is 16.6. The third kappa shape index (κ3) is 1.70. The van der Waals surface area contributed by atoms with Gasteiger partial charge in [0, 0.05) is 0 Å². The summed E-state index contributed by atoms with van der Waals surface area (Å²) < 4.78 is 10.5. The van der Waals surface area contributed by atoms with Crippen molar-refractivity contribution in [3.05, 3.63) is 42.0 Å². The van der Waals surface area contributed by atoms with Crippen LogP contribution in [-0.4, -0.2) is 23.8 Å². The van der Waals surface area contributed by atoms with Crippen molar-refractivity contribution < 1.29 is 19.4 Å². The van der Waals surface area contributed by atoms with E-state index in [1.165, 1.54) is 0 Å². The van der Waals surface area contributed by atoms with E-state index in [0.29, 0.717) is 5.56 Å². The highest BCUT2D eigenvalue weighted by molar-refractivity contribution is 5.89. The molecule has 2 aromatic rings. The van der Waals surface area contributed by atoms with Crippen LogP contribution < -0.4 is 4.74 Å². The number of benzene rings is 2. The summed E-state index contributed by atoms with van der Waals surface area (Å²) in [6.45, 7) is 1.62. The summed E-state index contributed by atoms with van der Waals surface area (Å²) >= 11 is 0. The van der Waals surface area contributed by atoms with Gasteiger partial charge >= 0.3 is 5.97 Å². The van der Waals surface area contributed by atoms with Gasteiger partial charge in [-0.2, -0.15) is 5.26 Å². The van der Waals surface area contributed by atoms with Crippen LogP contribution in [0.4, 0.5) is 0 Å². The van der Waals surface area contributed by atoms with Crippen molar-refractivity contribution in [2.45, 2.75) is 18.1 Å². The Morgan fingerprint density at radius 1 is 1.29 bits per heavy atom. The topological polar surface area (TPSA) is 82.8 Å². The molecule has 0 aliphatic carbocycles. The zero-order valence-electron chi connectivity index (χ0n) is 11.6. The van der Waals surface area contributed by atoms with E-state index >= 15 is 0 Å². The SMILES string of the molecule is COc1ccc2cc(C3(C)OC3(C#N)C(=O)O)ccc2c1. The maximum Gasteiger partial charge on any atom is 0.354 e. The number of epoxide rings is 1. The van der Waals surface area contributed by atoms with Crippen molar-refractivity contribution in [1.82, 2.24) is 0 Å². The monoisotopic (exact) mass is 283 g/mol. The third-order valence-corrected chi connectivity index (χ3v) is 4.04. The Morgan fingerprint density at radius 2 is 1.95 bits per heavy atom. The van der Waals surface area contributed by atoms with Gasteiger partial charge in [0.05, 0.1) is 7.11 Å². The highest BCUT2D eigenvalue weighted by Gasteiger charge is 2.75. The van der Waals surface area contributed by atoms with Crippen LogP contribution in [0.1, 0.15) is 12.5 Å². The minimum atomic E-state index is -1.80. The molecule has 2 atom stereocenters. The number of fused-ring (bicyclic) bond motifs is 1. The van der Waals surface area contributed by atoms with Crippen molar-refractivity contribution in [3.8, 4) is 11.8 Å². The largest absolute Gasteiger partial charge is 0.497 e. The first kappa shape index (κ1) is 13.4. The summed E-state index contributed by atoms with van der Waals surface area (Å²) in [5, 5.41) is 20.3. The molecule has 1 heterocycles. The number of ether oxygens (including phenoxy) is 2. The quantitative estimate of drug-likeness (QED) is 0.875. The number of nitriles is 1. The van der Waals surface area contributed by atoms with Crippen LogP contribution in [0.15, 0.2) is 36.4 Å². The van der Waals surface area contributed by atoms with Crippen molar-refractivity contribution >= 4 is 16.7 Å². The third-order valence-electron chi connectivity index (χ3n) is 4.04. The first-order valence-electron chi connectivity index (χ1n) is 6.40. The van der Waals surface area contributed by atoms with Crippen molar-refractivity contribution in [1.29, 1.82) is 5.26 Å². The molecule has 21 heavy (non-hydrogen) atoms. The van der Waals surface area contributed by atoms with E-state index in [-0.39, 0.29) is 0 Å². The molecule has 2 unspecified atom stereocenters. The molecule has 1 saturated heterocycles. The molecule has 5 nitrogen and oxygen atoms in total. The van der Waals surface area contributed by atoms with Crippen LogP contribution in [0.2, 0.25) is 0 Å². The molecule has 1 N–H and O–H groups in total. The number of methoxy groups -OCH3 is 1. The molecule has 1 aliphatic rings. The molecule has 0 bridgehead atoms. The van der Waals surface area contributed by atoms with Gasteiger partial charge in [-0.05, 0) is 41.5 Å². The smallest absolute Gasteiger partial charge is 0.354 e. The van der Waals surface area contributed by atoms with E-state index in [1.54, 1.807) is 26.2 Å². The normalized spacial score (nSPS) is 27.1. The molecule has 1 fully saturated rings. The number of hydrogen-bond acceptors (Lipinski definition) is 4. The van der Waals surface area contributed by atoms with Gasteiger partial charge in [0.1, 0.15) is 17.4 Å². The molecule has 2 aromatic carbocycles. The molecule has 0 aromatic heterocycles. The molecular weight excluding hydrogens is 270 g/mol. The second-order valence-electron chi connectivity index (χ2n) is 5.16. The van der Waals surface area contributed by atoms with Gasteiger partial charge in [0.2, 0.25) is 0 Å². The zero-order chi connectivity index (χ0) is 15.3. The van der Waals surface area contributed by atoms with Gasteiger partial charge in [-0.1, -0.05) is 18.2 Å². The maximum atomic E-state index is 11.3. The highest BCUT2D eigenvalue weighted by Crippen LogP contribution is 2.55. The average molecular weight is 283 g/mol. The lowest BCUT2D eigenvalue weighted by Crippen LogP contribution is -2.29. The number of carboxylic acid groups (broad SMARTS) is 1. The number of hydrogen-bond donors (Lipinski definition) is 1. The summed E-state index contributed by atoms with van der Waals surface area (Å²) in [4.78, 5) is 11.3. The number of rotatable bonds is 3. The van der Waals surface area contributed by atoms with Crippen LogP contribution >= 0.6 is 0 Å². The fraction of sp³-hybridized carbons (Fsp3) is 0.250. The molecular formula is C16H13NO4. The van der Waals surface area contributed by atoms with Crippen LogP contribution in [0.25, 0.3) is 10.8 Å². The van der Waals surface area contributed by atoms with Crippen LogP contribution in [0.5, 0.6) is 5.75 Å². The van der Waals surface area contributed by atoms with Gasteiger partial charge in [-0.25, -0.2) is 4.79 Å². The van der Waals surface area contributed by atoms with E-state index in [4.69, 9.17) is 14.7 Å². The Morgan fingerprint density at radius 3 is 2.52 bits per heavy atom.